The first kappa shape index (κ1) is 17.3. The Morgan fingerprint density at radius 3 is 2.92 bits per heavy atom. The van der Waals surface area contributed by atoms with Gasteiger partial charge in [-0.3, -0.25) is 4.79 Å². The average Bonchev–Trinajstić information content (AvgIpc) is 2.92. The number of halogens is 1. The number of piperidine rings is 1. The van der Waals surface area contributed by atoms with Gasteiger partial charge in [-0.25, -0.2) is 9.37 Å². The Bertz CT molecular complexity index is 742. The molecular weight excluding hydrogens is 327 g/mol. The summed E-state index contributed by atoms with van der Waals surface area (Å²) in [4.78, 5) is 18.3. The van der Waals surface area contributed by atoms with Crippen molar-refractivity contribution < 1.29 is 18.8 Å². The first-order valence-corrected chi connectivity index (χ1v) is 8.18. The smallest absolute Gasteiger partial charge is 0.256 e. The van der Waals surface area contributed by atoms with Crippen LogP contribution in [0, 0.1) is 19.7 Å². The molecule has 1 fully saturated rings. The lowest BCUT2D eigenvalue weighted by atomic mass is 9.92. The molecule has 1 amide bonds. The van der Waals surface area contributed by atoms with Crippen LogP contribution in [0.25, 0.3) is 0 Å². The number of aliphatic hydroxyl groups is 1. The summed E-state index contributed by atoms with van der Waals surface area (Å²) in [7, 11) is 0. The second-order valence-corrected chi connectivity index (χ2v) is 6.47. The van der Waals surface area contributed by atoms with Crippen molar-refractivity contribution in [3.05, 3.63) is 41.2 Å². The van der Waals surface area contributed by atoms with Crippen LogP contribution in [0.3, 0.4) is 0 Å². The van der Waals surface area contributed by atoms with Gasteiger partial charge in [-0.2, -0.15) is 0 Å². The third-order valence-corrected chi connectivity index (χ3v) is 4.43. The molecule has 2 aromatic heterocycles. The highest BCUT2D eigenvalue weighted by Crippen LogP contribution is 2.25. The van der Waals surface area contributed by atoms with Crippen molar-refractivity contribution in [3.63, 3.8) is 0 Å². The maximum Gasteiger partial charge on any atom is 0.256 e. The van der Waals surface area contributed by atoms with Gasteiger partial charge >= 0.3 is 0 Å². The largest absolute Gasteiger partial charge is 0.386 e. The number of nitrogens with zero attached hydrogens (tertiary/aromatic N) is 3. The van der Waals surface area contributed by atoms with Crippen molar-refractivity contribution in [1.29, 1.82) is 0 Å². The van der Waals surface area contributed by atoms with Gasteiger partial charge in [0, 0.05) is 19.6 Å². The zero-order valence-corrected chi connectivity index (χ0v) is 14.3. The molecule has 0 bridgehead atoms. The van der Waals surface area contributed by atoms with Gasteiger partial charge in [0.05, 0.1) is 17.5 Å². The molecule has 2 aromatic rings. The van der Waals surface area contributed by atoms with Crippen molar-refractivity contribution in [3.8, 4) is 0 Å². The Hall–Kier alpha value is -2.48. The molecule has 0 radical (unpaired) electrons. The molecule has 25 heavy (non-hydrogen) atoms. The predicted octanol–water partition coefficient (Wildman–Crippen LogP) is 1.59. The number of nitrogens with one attached hydrogen (secondary N) is 1. The van der Waals surface area contributed by atoms with Gasteiger partial charge in [-0.1, -0.05) is 5.16 Å². The van der Waals surface area contributed by atoms with Crippen LogP contribution in [0.1, 0.15) is 34.7 Å². The van der Waals surface area contributed by atoms with Gasteiger partial charge in [0.25, 0.3) is 5.91 Å². The summed E-state index contributed by atoms with van der Waals surface area (Å²) in [6, 6.07) is 2.93. The van der Waals surface area contributed by atoms with E-state index in [2.05, 4.69) is 15.5 Å². The molecular formula is C17H21FN4O3. The maximum absolute atomic E-state index is 13.0. The molecule has 0 unspecified atom stereocenters. The molecule has 1 aliphatic heterocycles. The lowest BCUT2D eigenvalue weighted by Gasteiger charge is -2.39. The van der Waals surface area contributed by atoms with Crippen LogP contribution in [0.5, 0.6) is 0 Å². The minimum absolute atomic E-state index is 0.105. The van der Waals surface area contributed by atoms with E-state index in [0.29, 0.717) is 35.8 Å². The Kier molecular flexibility index (Phi) is 4.71. The molecule has 0 saturated carbocycles. The number of carbonyl (C=O) groups is 1. The fourth-order valence-electron chi connectivity index (χ4n) is 3.15. The summed E-state index contributed by atoms with van der Waals surface area (Å²) in [5.74, 6) is 0.337. The molecule has 3 heterocycles. The second kappa shape index (κ2) is 6.79. The third-order valence-electron chi connectivity index (χ3n) is 4.43. The number of aromatic nitrogens is 2. The predicted molar refractivity (Wildman–Crippen MR) is 88.9 cm³/mol. The molecule has 3 rings (SSSR count). The van der Waals surface area contributed by atoms with Gasteiger partial charge in [0.2, 0.25) is 0 Å². The number of carbonyl (C=O) groups excluding carboxylic acids is 1. The zero-order valence-electron chi connectivity index (χ0n) is 14.3. The molecule has 1 atom stereocenters. The van der Waals surface area contributed by atoms with E-state index in [0.717, 1.165) is 19.2 Å². The van der Waals surface area contributed by atoms with Gasteiger partial charge in [0.15, 0.2) is 0 Å². The average molecular weight is 348 g/mol. The zero-order chi connectivity index (χ0) is 18.0. The molecule has 0 aromatic carbocycles. The van der Waals surface area contributed by atoms with Crippen molar-refractivity contribution in [2.24, 2.45) is 0 Å². The lowest BCUT2D eigenvalue weighted by Crippen LogP contribution is -2.54. The number of hydrogen-bond acceptors (Lipinski definition) is 6. The summed E-state index contributed by atoms with van der Waals surface area (Å²) in [6.07, 6.45) is 2.46. The Morgan fingerprint density at radius 1 is 1.48 bits per heavy atom. The molecule has 0 spiro atoms. The summed E-state index contributed by atoms with van der Waals surface area (Å²) >= 11 is 0. The number of rotatable bonds is 4. The number of anilines is 1. The van der Waals surface area contributed by atoms with Gasteiger partial charge < -0.3 is 19.8 Å². The summed E-state index contributed by atoms with van der Waals surface area (Å²) in [5, 5.41) is 17.4. The first-order valence-electron chi connectivity index (χ1n) is 8.18. The maximum atomic E-state index is 13.0. The van der Waals surface area contributed by atoms with E-state index in [-0.39, 0.29) is 12.5 Å². The SMILES string of the molecule is Cc1noc(C)c1C(=O)NC[C@@]1(O)CCCN(c2ccc(F)cn2)C1. The van der Waals surface area contributed by atoms with Crippen LogP contribution >= 0.6 is 0 Å². The number of amides is 1. The van der Waals surface area contributed by atoms with Crippen LogP contribution in [-0.4, -0.2) is 46.4 Å². The fourth-order valence-corrected chi connectivity index (χ4v) is 3.15. The topological polar surface area (TPSA) is 91.5 Å². The molecule has 1 aliphatic rings. The van der Waals surface area contributed by atoms with Gasteiger partial charge in [-0.05, 0) is 38.8 Å². The van der Waals surface area contributed by atoms with Crippen LogP contribution in [0.2, 0.25) is 0 Å². The number of aryl methyl sites for hydroxylation is 2. The highest BCUT2D eigenvalue weighted by atomic mass is 19.1. The number of β-amino-alcohol motifs (C(OH)–C–C–N with tert-alkyl or cyclic N) is 1. The van der Waals surface area contributed by atoms with E-state index in [1.54, 1.807) is 19.9 Å². The summed E-state index contributed by atoms with van der Waals surface area (Å²) in [5.41, 5.74) is -0.164. The summed E-state index contributed by atoms with van der Waals surface area (Å²) in [6.45, 7) is 4.51. The van der Waals surface area contributed by atoms with E-state index in [1.165, 1.54) is 6.07 Å². The van der Waals surface area contributed by atoms with Crippen molar-refractivity contribution in [2.75, 3.05) is 24.5 Å². The van der Waals surface area contributed by atoms with E-state index in [9.17, 15) is 14.3 Å². The van der Waals surface area contributed by atoms with E-state index in [1.807, 2.05) is 4.90 Å². The normalized spacial score (nSPS) is 20.6. The van der Waals surface area contributed by atoms with Crippen molar-refractivity contribution >= 4 is 11.7 Å². The third kappa shape index (κ3) is 3.79. The summed E-state index contributed by atoms with van der Waals surface area (Å²) < 4.78 is 18.0. The number of pyridine rings is 1. The quantitative estimate of drug-likeness (QED) is 0.872. The molecule has 7 nitrogen and oxygen atoms in total. The van der Waals surface area contributed by atoms with E-state index < -0.39 is 11.4 Å². The van der Waals surface area contributed by atoms with Gasteiger partial charge in [0.1, 0.15) is 23.0 Å². The minimum Gasteiger partial charge on any atom is -0.386 e. The standard InChI is InChI=1S/C17H21FN4O3/c1-11-15(12(2)25-21-11)16(23)20-9-17(24)6-3-7-22(10-17)14-5-4-13(18)8-19-14/h4-5,8,24H,3,6-7,9-10H2,1-2H3,(H,20,23)/t17-/m0/s1. The highest BCUT2D eigenvalue weighted by Gasteiger charge is 2.34. The van der Waals surface area contributed by atoms with Crippen LogP contribution in [0.15, 0.2) is 22.9 Å². The molecule has 2 N–H and O–H groups in total. The van der Waals surface area contributed by atoms with E-state index >= 15 is 0 Å². The van der Waals surface area contributed by atoms with Crippen molar-refractivity contribution in [1.82, 2.24) is 15.5 Å². The monoisotopic (exact) mass is 348 g/mol. The molecule has 8 heteroatoms. The first-order chi connectivity index (χ1) is 11.9. The van der Waals surface area contributed by atoms with Crippen LogP contribution < -0.4 is 10.2 Å². The van der Waals surface area contributed by atoms with E-state index in [4.69, 9.17) is 4.52 Å². The van der Waals surface area contributed by atoms with Crippen LogP contribution in [0.4, 0.5) is 10.2 Å². The van der Waals surface area contributed by atoms with Gasteiger partial charge in [-0.15, -0.1) is 0 Å². The Balaban J connectivity index is 1.65. The minimum atomic E-state index is -1.08. The highest BCUT2D eigenvalue weighted by molar-refractivity contribution is 5.96. The Morgan fingerprint density at radius 2 is 2.28 bits per heavy atom. The molecule has 134 valence electrons. The Labute approximate surface area is 144 Å². The fraction of sp³-hybridized carbons (Fsp3) is 0.471. The molecule has 0 aliphatic carbocycles. The lowest BCUT2D eigenvalue weighted by molar-refractivity contribution is 0.0254. The molecule has 1 saturated heterocycles. The van der Waals surface area contributed by atoms with Crippen molar-refractivity contribution in [2.45, 2.75) is 32.3 Å². The second-order valence-electron chi connectivity index (χ2n) is 6.47. The van der Waals surface area contributed by atoms with Crippen LogP contribution in [-0.2, 0) is 0 Å². The number of hydrogen-bond donors (Lipinski definition) is 2.